The fourth-order valence-electron chi connectivity index (χ4n) is 5.51. The molecule has 3 aromatic rings. The highest BCUT2D eigenvalue weighted by Crippen LogP contribution is 2.43. The number of nitrogens with zero attached hydrogens (tertiary/aromatic N) is 3. The van der Waals surface area contributed by atoms with Gasteiger partial charge in [0.2, 0.25) is 5.91 Å². The minimum absolute atomic E-state index is 0.0845. The van der Waals surface area contributed by atoms with Gasteiger partial charge in [-0.2, -0.15) is 0 Å². The van der Waals surface area contributed by atoms with Crippen LogP contribution in [0.2, 0.25) is 0 Å². The number of carbonyl (C=O) groups is 4. The maximum Gasteiger partial charge on any atom is 0.338 e. The molecular weight excluding hydrogens is 508 g/mol. The Hall–Kier alpha value is -4.53. The summed E-state index contributed by atoms with van der Waals surface area (Å²) in [5, 5.41) is 3.46. The lowest BCUT2D eigenvalue weighted by molar-refractivity contribution is -0.135. The molecule has 0 radical (unpaired) electrons. The quantitative estimate of drug-likeness (QED) is 0.488. The summed E-state index contributed by atoms with van der Waals surface area (Å²) in [4.78, 5) is 60.3. The number of amides is 2. The molecule has 2 aliphatic heterocycles. The van der Waals surface area contributed by atoms with E-state index < -0.39 is 17.9 Å². The Kier molecular flexibility index (Phi) is 7.64. The van der Waals surface area contributed by atoms with E-state index in [0.29, 0.717) is 43.0 Å². The molecule has 2 atom stereocenters. The Bertz CT molecular complexity index is 1450. The van der Waals surface area contributed by atoms with E-state index in [-0.39, 0.29) is 34.6 Å². The lowest BCUT2D eigenvalue weighted by atomic mass is 9.77. The van der Waals surface area contributed by atoms with Gasteiger partial charge in [-0.15, -0.1) is 0 Å². The standard InChI is InChI=1S/C31H32N4O5/c1-19(2)29(37)34-14-16-35(17-15-34)30(38)22-7-4-6-21(18-22)25-27(20-10-12-32-13-11-20)33-24-9-5-8-23(31(39)40-3)26(24)28(25)36/h4-13,18-19,25,27,33H,14-17H2,1-3H3. The Morgan fingerprint density at radius 1 is 0.925 bits per heavy atom. The third-order valence-corrected chi connectivity index (χ3v) is 7.57. The van der Waals surface area contributed by atoms with Crippen LogP contribution in [0.25, 0.3) is 0 Å². The molecule has 2 aromatic carbocycles. The van der Waals surface area contributed by atoms with Crippen molar-refractivity contribution in [2.75, 3.05) is 38.6 Å². The smallest absolute Gasteiger partial charge is 0.338 e. The molecule has 0 saturated carbocycles. The number of aromatic nitrogens is 1. The van der Waals surface area contributed by atoms with Crippen LogP contribution in [-0.4, -0.2) is 71.6 Å². The number of esters is 1. The van der Waals surface area contributed by atoms with Crippen LogP contribution in [-0.2, 0) is 9.53 Å². The molecule has 1 N–H and O–H groups in total. The van der Waals surface area contributed by atoms with Crippen LogP contribution in [0.4, 0.5) is 5.69 Å². The maximum absolute atomic E-state index is 14.2. The summed E-state index contributed by atoms with van der Waals surface area (Å²) >= 11 is 0. The van der Waals surface area contributed by atoms with E-state index in [1.165, 1.54) is 7.11 Å². The minimum atomic E-state index is -0.714. The van der Waals surface area contributed by atoms with Crippen molar-refractivity contribution in [1.82, 2.24) is 14.8 Å². The number of methoxy groups -OCH3 is 1. The highest BCUT2D eigenvalue weighted by molar-refractivity contribution is 6.14. The van der Waals surface area contributed by atoms with E-state index in [1.807, 2.05) is 32.0 Å². The monoisotopic (exact) mass is 540 g/mol. The molecule has 1 saturated heterocycles. The van der Waals surface area contributed by atoms with Gasteiger partial charge in [-0.1, -0.05) is 32.0 Å². The van der Waals surface area contributed by atoms with Crippen molar-refractivity contribution in [2.45, 2.75) is 25.8 Å². The second-order valence-electron chi connectivity index (χ2n) is 10.4. The van der Waals surface area contributed by atoms with Crippen LogP contribution in [0.3, 0.4) is 0 Å². The predicted octanol–water partition coefficient (Wildman–Crippen LogP) is 3.94. The number of pyridine rings is 1. The van der Waals surface area contributed by atoms with E-state index in [2.05, 4.69) is 10.3 Å². The zero-order valence-corrected chi connectivity index (χ0v) is 22.8. The first kappa shape index (κ1) is 27.1. The molecule has 206 valence electrons. The Labute approximate surface area is 233 Å². The van der Waals surface area contributed by atoms with Gasteiger partial charge in [-0.05, 0) is 47.5 Å². The van der Waals surface area contributed by atoms with Crippen molar-refractivity contribution >= 4 is 29.3 Å². The van der Waals surface area contributed by atoms with Crippen molar-refractivity contribution in [3.63, 3.8) is 0 Å². The fourth-order valence-corrected chi connectivity index (χ4v) is 5.51. The SMILES string of the molecule is COC(=O)c1cccc2c1C(=O)C(c1cccc(C(=O)N3CCN(C(=O)C(C)C)CC3)c1)C(c1ccncc1)N2. The Morgan fingerprint density at radius 2 is 1.60 bits per heavy atom. The molecule has 9 nitrogen and oxygen atoms in total. The van der Waals surface area contributed by atoms with Crippen LogP contribution in [0, 0.1) is 5.92 Å². The first-order valence-electron chi connectivity index (χ1n) is 13.4. The summed E-state index contributed by atoms with van der Waals surface area (Å²) in [6.45, 7) is 5.62. The molecule has 1 fully saturated rings. The number of rotatable bonds is 5. The lowest BCUT2D eigenvalue weighted by Gasteiger charge is -2.36. The molecule has 0 aliphatic carbocycles. The van der Waals surface area contributed by atoms with Crippen LogP contribution in [0.15, 0.2) is 67.0 Å². The highest BCUT2D eigenvalue weighted by atomic mass is 16.5. The first-order chi connectivity index (χ1) is 19.3. The van der Waals surface area contributed by atoms with E-state index in [0.717, 1.165) is 5.56 Å². The van der Waals surface area contributed by atoms with Crippen LogP contribution < -0.4 is 5.32 Å². The number of ketones is 1. The number of anilines is 1. The normalized spacial score (nSPS) is 18.6. The van der Waals surface area contributed by atoms with E-state index >= 15 is 0 Å². The number of carbonyl (C=O) groups excluding carboxylic acids is 4. The highest BCUT2D eigenvalue weighted by Gasteiger charge is 2.40. The summed E-state index contributed by atoms with van der Waals surface area (Å²) in [5.74, 6) is -1.68. The Balaban J connectivity index is 1.48. The average molecular weight is 541 g/mol. The number of fused-ring (bicyclic) bond motifs is 1. The molecule has 1 aromatic heterocycles. The number of hydrogen-bond acceptors (Lipinski definition) is 7. The molecule has 2 unspecified atom stereocenters. The number of piperazine rings is 1. The van der Waals surface area contributed by atoms with Gasteiger partial charge in [-0.25, -0.2) is 4.79 Å². The number of nitrogens with one attached hydrogen (secondary N) is 1. The first-order valence-corrected chi connectivity index (χ1v) is 13.4. The zero-order chi connectivity index (χ0) is 28.4. The van der Waals surface area contributed by atoms with Crippen molar-refractivity contribution < 1.29 is 23.9 Å². The summed E-state index contributed by atoms with van der Waals surface area (Å²) in [7, 11) is 1.29. The largest absolute Gasteiger partial charge is 0.465 e. The summed E-state index contributed by atoms with van der Waals surface area (Å²) in [5.41, 5.74) is 2.99. The van der Waals surface area contributed by atoms with Gasteiger partial charge in [0, 0.05) is 55.7 Å². The van der Waals surface area contributed by atoms with Crippen LogP contribution >= 0.6 is 0 Å². The molecule has 40 heavy (non-hydrogen) atoms. The third kappa shape index (κ3) is 5.06. The molecule has 5 rings (SSSR count). The van der Waals surface area contributed by atoms with Crippen molar-refractivity contribution in [1.29, 1.82) is 0 Å². The topological polar surface area (TPSA) is 109 Å². The third-order valence-electron chi connectivity index (χ3n) is 7.57. The molecule has 3 heterocycles. The van der Waals surface area contributed by atoms with E-state index in [4.69, 9.17) is 4.74 Å². The van der Waals surface area contributed by atoms with Gasteiger partial charge in [-0.3, -0.25) is 19.4 Å². The van der Waals surface area contributed by atoms with E-state index in [9.17, 15) is 19.2 Å². The van der Waals surface area contributed by atoms with Gasteiger partial charge >= 0.3 is 5.97 Å². The fraction of sp³-hybridized carbons (Fsp3) is 0.323. The van der Waals surface area contributed by atoms with Gasteiger partial charge in [0.15, 0.2) is 5.78 Å². The summed E-state index contributed by atoms with van der Waals surface area (Å²) in [6, 6.07) is 15.4. The van der Waals surface area contributed by atoms with Crippen molar-refractivity contribution in [2.24, 2.45) is 5.92 Å². The van der Waals surface area contributed by atoms with Crippen LogP contribution in [0.5, 0.6) is 0 Å². The number of benzene rings is 2. The second kappa shape index (κ2) is 11.3. The molecule has 0 bridgehead atoms. The number of Topliss-reactive ketones (excluding diaryl/α,β-unsaturated/α-hetero) is 1. The maximum atomic E-state index is 14.2. The Morgan fingerprint density at radius 3 is 2.27 bits per heavy atom. The zero-order valence-electron chi connectivity index (χ0n) is 22.8. The van der Waals surface area contributed by atoms with Gasteiger partial charge in [0.05, 0.1) is 30.2 Å². The summed E-state index contributed by atoms with van der Waals surface area (Å²) in [6.07, 6.45) is 3.34. The van der Waals surface area contributed by atoms with Crippen molar-refractivity contribution in [3.05, 3.63) is 94.8 Å². The van der Waals surface area contributed by atoms with Gasteiger partial charge in [0.25, 0.3) is 5.91 Å². The molecule has 2 amide bonds. The summed E-state index contributed by atoms with van der Waals surface area (Å²) < 4.78 is 4.95. The van der Waals surface area contributed by atoms with E-state index in [1.54, 1.807) is 58.6 Å². The lowest BCUT2D eigenvalue weighted by Crippen LogP contribution is -2.51. The van der Waals surface area contributed by atoms with Crippen molar-refractivity contribution in [3.8, 4) is 0 Å². The minimum Gasteiger partial charge on any atom is -0.465 e. The number of ether oxygens (including phenoxy) is 1. The molecule has 0 spiro atoms. The van der Waals surface area contributed by atoms with Gasteiger partial charge in [0.1, 0.15) is 0 Å². The van der Waals surface area contributed by atoms with Gasteiger partial charge < -0.3 is 19.9 Å². The molecule has 2 aliphatic rings. The average Bonchev–Trinajstić information content (AvgIpc) is 3.00. The second-order valence-corrected chi connectivity index (χ2v) is 10.4. The number of hydrogen-bond donors (Lipinski definition) is 1. The van der Waals surface area contributed by atoms with Crippen LogP contribution in [0.1, 0.15) is 68.0 Å². The molecule has 9 heteroatoms. The molecular formula is C31H32N4O5. The predicted molar refractivity (Wildman–Crippen MR) is 149 cm³/mol.